The van der Waals surface area contributed by atoms with Crippen molar-refractivity contribution < 1.29 is 18.0 Å². The van der Waals surface area contributed by atoms with Gasteiger partial charge < -0.3 is 5.32 Å². The molecule has 1 heterocycles. The van der Waals surface area contributed by atoms with Gasteiger partial charge in [0.25, 0.3) is 0 Å². The molecule has 2 rings (SSSR count). The molecule has 0 aliphatic rings. The molecule has 118 valence electrons. The molecule has 2 aromatic rings. The van der Waals surface area contributed by atoms with Gasteiger partial charge >= 0.3 is 6.18 Å². The first-order valence-electron chi connectivity index (χ1n) is 6.57. The predicted octanol–water partition coefficient (Wildman–Crippen LogP) is 2.48. The number of rotatable bonds is 4. The molecule has 0 bridgehead atoms. The monoisotopic (exact) mass is 312 g/mol. The van der Waals surface area contributed by atoms with Gasteiger partial charge in [0.1, 0.15) is 18.7 Å². The van der Waals surface area contributed by atoms with Crippen molar-refractivity contribution in [3.05, 3.63) is 47.5 Å². The average Bonchev–Trinajstić information content (AvgIpc) is 2.97. The molecule has 0 saturated heterocycles. The van der Waals surface area contributed by atoms with Crippen molar-refractivity contribution in [1.82, 2.24) is 20.1 Å². The molecule has 0 aliphatic carbocycles. The van der Waals surface area contributed by atoms with Crippen LogP contribution in [0.4, 0.5) is 13.2 Å². The molecule has 1 unspecified atom stereocenters. The van der Waals surface area contributed by atoms with Gasteiger partial charge in [-0.15, -0.1) is 0 Å². The maximum Gasteiger partial charge on any atom is 0.416 e. The molecule has 1 amide bonds. The number of amides is 1. The summed E-state index contributed by atoms with van der Waals surface area (Å²) >= 11 is 0. The van der Waals surface area contributed by atoms with Gasteiger partial charge in [-0.25, -0.2) is 9.67 Å². The Kier molecular flexibility index (Phi) is 4.48. The number of benzene rings is 1. The first kappa shape index (κ1) is 16.0. The first-order chi connectivity index (χ1) is 10.3. The highest BCUT2D eigenvalue weighted by Crippen LogP contribution is 2.30. The van der Waals surface area contributed by atoms with Crippen LogP contribution in [0.3, 0.4) is 0 Å². The van der Waals surface area contributed by atoms with E-state index < -0.39 is 17.8 Å². The van der Waals surface area contributed by atoms with Gasteiger partial charge in [-0.2, -0.15) is 18.3 Å². The van der Waals surface area contributed by atoms with Crippen LogP contribution in [0.1, 0.15) is 29.7 Å². The third kappa shape index (κ3) is 3.63. The maximum atomic E-state index is 12.6. The Morgan fingerprint density at radius 2 is 2.14 bits per heavy atom. The molecule has 0 fully saturated rings. The fraction of sp³-hybridized carbons (Fsp3) is 0.357. The number of carbonyl (C=O) groups is 1. The topological polar surface area (TPSA) is 59.8 Å². The standard InChI is InChI=1S/C14H15F3N4O/c1-9-5-12(14(15,16)17)4-3-11(9)6-19-13(22)10(2)21-8-18-7-20-21/h3-5,7-8,10H,6H2,1-2H3,(H,19,22). The van der Waals surface area contributed by atoms with Gasteiger partial charge in [0, 0.05) is 6.54 Å². The second-order valence-corrected chi connectivity index (χ2v) is 4.91. The van der Waals surface area contributed by atoms with Crippen molar-refractivity contribution >= 4 is 5.91 Å². The van der Waals surface area contributed by atoms with E-state index in [1.165, 1.54) is 23.4 Å². The van der Waals surface area contributed by atoms with Crippen molar-refractivity contribution in [3.8, 4) is 0 Å². The molecule has 0 aliphatic heterocycles. The molecule has 1 N–H and O–H groups in total. The summed E-state index contributed by atoms with van der Waals surface area (Å²) in [5.74, 6) is -0.287. The molecule has 0 saturated carbocycles. The third-order valence-corrected chi connectivity index (χ3v) is 3.34. The highest BCUT2D eigenvalue weighted by Gasteiger charge is 2.30. The molecular formula is C14H15F3N4O. The quantitative estimate of drug-likeness (QED) is 0.943. The summed E-state index contributed by atoms with van der Waals surface area (Å²) in [6.07, 6.45) is -1.62. The molecule has 1 aromatic heterocycles. The highest BCUT2D eigenvalue weighted by molar-refractivity contribution is 5.79. The molecule has 1 atom stereocenters. The van der Waals surface area contributed by atoms with Crippen LogP contribution in [0.15, 0.2) is 30.9 Å². The summed E-state index contributed by atoms with van der Waals surface area (Å²) in [6, 6.07) is 2.91. The zero-order valence-corrected chi connectivity index (χ0v) is 12.1. The number of hydrogen-bond acceptors (Lipinski definition) is 3. The molecule has 8 heteroatoms. The second-order valence-electron chi connectivity index (χ2n) is 4.91. The molecule has 1 aromatic carbocycles. The van der Waals surface area contributed by atoms with Crippen LogP contribution in [0, 0.1) is 6.92 Å². The Morgan fingerprint density at radius 3 is 2.68 bits per heavy atom. The fourth-order valence-electron chi connectivity index (χ4n) is 1.94. The normalized spacial score (nSPS) is 13.0. The van der Waals surface area contributed by atoms with E-state index in [0.717, 1.165) is 12.1 Å². The Morgan fingerprint density at radius 1 is 1.41 bits per heavy atom. The Hall–Kier alpha value is -2.38. The molecule has 0 spiro atoms. The van der Waals surface area contributed by atoms with Crippen LogP contribution in [-0.4, -0.2) is 20.7 Å². The van der Waals surface area contributed by atoms with Gasteiger partial charge in [-0.05, 0) is 37.1 Å². The van der Waals surface area contributed by atoms with Crippen molar-refractivity contribution in [2.75, 3.05) is 0 Å². The minimum Gasteiger partial charge on any atom is -0.350 e. The van der Waals surface area contributed by atoms with Crippen LogP contribution in [0.25, 0.3) is 0 Å². The summed E-state index contributed by atoms with van der Waals surface area (Å²) in [4.78, 5) is 15.7. The predicted molar refractivity (Wildman–Crippen MR) is 72.8 cm³/mol. The van der Waals surface area contributed by atoms with E-state index in [1.54, 1.807) is 13.8 Å². The van der Waals surface area contributed by atoms with E-state index in [-0.39, 0.29) is 12.5 Å². The molecular weight excluding hydrogens is 297 g/mol. The zero-order valence-electron chi connectivity index (χ0n) is 12.1. The Balaban J connectivity index is 2.01. The maximum absolute atomic E-state index is 12.6. The van der Waals surface area contributed by atoms with Crippen LogP contribution in [-0.2, 0) is 17.5 Å². The number of hydrogen-bond donors (Lipinski definition) is 1. The summed E-state index contributed by atoms with van der Waals surface area (Å²) in [5, 5.41) is 6.55. The van der Waals surface area contributed by atoms with Crippen molar-refractivity contribution in [2.24, 2.45) is 0 Å². The van der Waals surface area contributed by atoms with Gasteiger partial charge in [-0.3, -0.25) is 4.79 Å². The van der Waals surface area contributed by atoms with E-state index in [4.69, 9.17) is 0 Å². The molecule has 5 nitrogen and oxygen atoms in total. The average molecular weight is 312 g/mol. The summed E-state index contributed by atoms with van der Waals surface area (Å²) in [6.45, 7) is 3.39. The van der Waals surface area contributed by atoms with E-state index >= 15 is 0 Å². The number of nitrogens with one attached hydrogen (secondary N) is 1. The van der Waals surface area contributed by atoms with Crippen LogP contribution in [0.2, 0.25) is 0 Å². The van der Waals surface area contributed by atoms with Gasteiger partial charge in [0.15, 0.2) is 0 Å². The van der Waals surface area contributed by atoms with Crippen LogP contribution in [0.5, 0.6) is 0 Å². The summed E-state index contributed by atoms with van der Waals surface area (Å²) < 4.78 is 39.2. The first-order valence-corrected chi connectivity index (χ1v) is 6.57. The number of aryl methyl sites for hydroxylation is 1. The lowest BCUT2D eigenvalue weighted by molar-refractivity contribution is -0.137. The van der Waals surface area contributed by atoms with Gasteiger partial charge in [0.2, 0.25) is 5.91 Å². The third-order valence-electron chi connectivity index (χ3n) is 3.34. The smallest absolute Gasteiger partial charge is 0.350 e. The van der Waals surface area contributed by atoms with E-state index in [0.29, 0.717) is 11.1 Å². The van der Waals surface area contributed by atoms with Gasteiger partial charge in [-0.1, -0.05) is 6.07 Å². The molecule has 22 heavy (non-hydrogen) atoms. The minimum absolute atomic E-state index is 0.155. The van der Waals surface area contributed by atoms with Crippen molar-refractivity contribution in [2.45, 2.75) is 32.6 Å². The second kappa shape index (κ2) is 6.17. The highest BCUT2D eigenvalue weighted by atomic mass is 19.4. The van der Waals surface area contributed by atoms with Gasteiger partial charge in [0.05, 0.1) is 5.56 Å². The number of halogens is 3. The minimum atomic E-state index is -4.37. The van der Waals surface area contributed by atoms with E-state index in [9.17, 15) is 18.0 Å². The zero-order chi connectivity index (χ0) is 16.3. The van der Waals surface area contributed by atoms with Crippen LogP contribution >= 0.6 is 0 Å². The number of aromatic nitrogens is 3. The van der Waals surface area contributed by atoms with E-state index in [1.807, 2.05) is 0 Å². The Bertz CT molecular complexity index is 653. The van der Waals surface area contributed by atoms with Crippen LogP contribution < -0.4 is 5.32 Å². The largest absolute Gasteiger partial charge is 0.416 e. The molecule has 0 radical (unpaired) electrons. The lowest BCUT2D eigenvalue weighted by atomic mass is 10.0. The number of nitrogens with zero attached hydrogens (tertiary/aromatic N) is 3. The number of carbonyl (C=O) groups excluding carboxylic acids is 1. The van der Waals surface area contributed by atoms with E-state index in [2.05, 4.69) is 15.4 Å². The summed E-state index contributed by atoms with van der Waals surface area (Å²) in [5.41, 5.74) is 0.409. The lowest BCUT2D eigenvalue weighted by Crippen LogP contribution is -2.31. The van der Waals surface area contributed by atoms with Crippen molar-refractivity contribution in [1.29, 1.82) is 0 Å². The lowest BCUT2D eigenvalue weighted by Gasteiger charge is -2.14. The Labute approximate surface area is 125 Å². The summed E-state index contributed by atoms with van der Waals surface area (Å²) in [7, 11) is 0. The fourth-order valence-corrected chi connectivity index (χ4v) is 1.94. The van der Waals surface area contributed by atoms with Crippen molar-refractivity contribution in [3.63, 3.8) is 0 Å². The number of alkyl halides is 3. The SMILES string of the molecule is Cc1cc(C(F)(F)F)ccc1CNC(=O)C(C)n1cncn1.